The number of amides is 2. The van der Waals surface area contributed by atoms with Gasteiger partial charge in [-0.15, -0.1) is 0 Å². The molecular weight excluding hydrogens is 376 g/mol. The number of rotatable bonds is 5. The fourth-order valence-corrected chi connectivity index (χ4v) is 3.45. The molecule has 3 aromatic rings. The van der Waals surface area contributed by atoms with Crippen LogP contribution in [-0.4, -0.2) is 16.8 Å². The number of carbonyl (C=O) groups excluding carboxylic acids is 2. The molecule has 29 heavy (non-hydrogen) atoms. The molecule has 0 unspecified atom stereocenters. The first-order chi connectivity index (χ1) is 14.0. The van der Waals surface area contributed by atoms with Crippen molar-refractivity contribution < 1.29 is 18.4 Å². The van der Waals surface area contributed by atoms with E-state index >= 15 is 0 Å². The van der Waals surface area contributed by atoms with E-state index in [1.165, 1.54) is 0 Å². The predicted octanol–water partition coefficient (Wildman–Crippen LogP) is 3.77. The number of benzene rings is 2. The Bertz CT molecular complexity index is 1070. The molecule has 1 aromatic heterocycles. The standard InChI is InChI=1S/C22H17F2N3O2/c23-15-8-9-18(24)14(11-15)13-26-20(28)12-19-21-17(7-4-10-25-21)22(29)27(19)16-5-2-1-3-6-16/h1-11,19H,12-13H2,(H,26,28)/t19-/m1/s1. The lowest BCUT2D eigenvalue weighted by Gasteiger charge is -2.24. The van der Waals surface area contributed by atoms with Crippen LogP contribution in [0.4, 0.5) is 14.5 Å². The van der Waals surface area contributed by atoms with E-state index < -0.39 is 23.6 Å². The Balaban J connectivity index is 1.55. The van der Waals surface area contributed by atoms with Crippen molar-refractivity contribution in [3.05, 3.63) is 95.3 Å². The van der Waals surface area contributed by atoms with Gasteiger partial charge >= 0.3 is 0 Å². The Morgan fingerprint density at radius 2 is 1.86 bits per heavy atom. The van der Waals surface area contributed by atoms with Crippen LogP contribution >= 0.6 is 0 Å². The van der Waals surface area contributed by atoms with Crippen molar-refractivity contribution in [3.63, 3.8) is 0 Å². The molecule has 7 heteroatoms. The van der Waals surface area contributed by atoms with Crippen molar-refractivity contribution in [1.29, 1.82) is 0 Å². The van der Waals surface area contributed by atoms with Gasteiger partial charge in [-0.05, 0) is 42.5 Å². The summed E-state index contributed by atoms with van der Waals surface area (Å²) < 4.78 is 27.1. The molecule has 2 aromatic carbocycles. The summed E-state index contributed by atoms with van der Waals surface area (Å²) in [5.74, 6) is -1.80. The van der Waals surface area contributed by atoms with Crippen LogP contribution in [-0.2, 0) is 11.3 Å². The summed E-state index contributed by atoms with van der Waals surface area (Å²) in [6, 6.07) is 14.9. The lowest BCUT2D eigenvalue weighted by Crippen LogP contribution is -2.33. The molecule has 1 aliphatic heterocycles. The van der Waals surface area contributed by atoms with E-state index in [1.54, 1.807) is 35.4 Å². The first-order valence-electron chi connectivity index (χ1n) is 9.09. The van der Waals surface area contributed by atoms with E-state index in [-0.39, 0.29) is 24.4 Å². The summed E-state index contributed by atoms with van der Waals surface area (Å²) in [5.41, 5.74) is 1.68. The molecule has 2 heterocycles. The van der Waals surface area contributed by atoms with Crippen LogP contribution in [0.1, 0.15) is 34.1 Å². The minimum atomic E-state index is -0.597. The number of hydrogen-bond acceptors (Lipinski definition) is 3. The molecule has 0 spiro atoms. The number of hydrogen-bond donors (Lipinski definition) is 1. The van der Waals surface area contributed by atoms with Crippen LogP contribution in [0.2, 0.25) is 0 Å². The number of para-hydroxylation sites is 1. The molecule has 0 aliphatic carbocycles. The maximum atomic E-state index is 13.8. The Hall–Kier alpha value is -3.61. The van der Waals surface area contributed by atoms with Crippen molar-refractivity contribution in [2.75, 3.05) is 4.90 Å². The topological polar surface area (TPSA) is 62.3 Å². The second-order valence-electron chi connectivity index (χ2n) is 6.68. The third-order valence-corrected chi connectivity index (χ3v) is 4.81. The second kappa shape index (κ2) is 7.79. The summed E-state index contributed by atoms with van der Waals surface area (Å²) in [4.78, 5) is 31.3. The largest absolute Gasteiger partial charge is 0.352 e. The van der Waals surface area contributed by atoms with Crippen LogP contribution < -0.4 is 10.2 Å². The normalized spacial score (nSPS) is 15.3. The van der Waals surface area contributed by atoms with E-state index in [0.717, 1.165) is 18.2 Å². The van der Waals surface area contributed by atoms with E-state index in [1.807, 2.05) is 18.2 Å². The summed E-state index contributed by atoms with van der Waals surface area (Å²) in [6.45, 7) is -0.149. The van der Waals surface area contributed by atoms with Crippen molar-refractivity contribution in [2.24, 2.45) is 0 Å². The average molecular weight is 393 g/mol. The molecule has 146 valence electrons. The van der Waals surface area contributed by atoms with Gasteiger partial charge in [-0.3, -0.25) is 19.5 Å². The van der Waals surface area contributed by atoms with E-state index in [4.69, 9.17) is 0 Å². The highest BCUT2D eigenvalue weighted by Gasteiger charge is 2.39. The summed E-state index contributed by atoms with van der Waals surface area (Å²) in [5, 5.41) is 2.60. The molecule has 0 bridgehead atoms. The fourth-order valence-electron chi connectivity index (χ4n) is 3.45. The van der Waals surface area contributed by atoms with Gasteiger partial charge in [-0.1, -0.05) is 18.2 Å². The Morgan fingerprint density at radius 1 is 1.07 bits per heavy atom. The monoisotopic (exact) mass is 393 g/mol. The zero-order chi connectivity index (χ0) is 20.4. The zero-order valence-corrected chi connectivity index (χ0v) is 15.3. The lowest BCUT2D eigenvalue weighted by atomic mass is 10.1. The second-order valence-corrected chi connectivity index (χ2v) is 6.68. The molecule has 1 N–H and O–H groups in total. The summed E-state index contributed by atoms with van der Waals surface area (Å²) in [6.07, 6.45) is 1.52. The number of pyridine rings is 1. The summed E-state index contributed by atoms with van der Waals surface area (Å²) >= 11 is 0. The van der Waals surface area contributed by atoms with Gasteiger partial charge in [0.15, 0.2) is 0 Å². The molecule has 1 atom stereocenters. The van der Waals surface area contributed by atoms with Gasteiger partial charge < -0.3 is 5.32 Å². The molecule has 4 rings (SSSR count). The number of fused-ring (bicyclic) bond motifs is 1. The highest BCUT2D eigenvalue weighted by atomic mass is 19.1. The third-order valence-electron chi connectivity index (χ3n) is 4.81. The van der Waals surface area contributed by atoms with Crippen LogP contribution in [0.5, 0.6) is 0 Å². The Morgan fingerprint density at radius 3 is 2.66 bits per heavy atom. The quantitative estimate of drug-likeness (QED) is 0.718. The van der Waals surface area contributed by atoms with Crippen molar-refractivity contribution in [2.45, 2.75) is 19.0 Å². The van der Waals surface area contributed by atoms with Crippen molar-refractivity contribution in [3.8, 4) is 0 Å². The molecular formula is C22H17F2N3O2. The van der Waals surface area contributed by atoms with Crippen LogP contribution in [0.15, 0.2) is 66.9 Å². The maximum Gasteiger partial charge on any atom is 0.260 e. The van der Waals surface area contributed by atoms with Gasteiger partial charge in [-0.2, -0.15) is 0 Å². The molecule has 0 saturated heterocycles. The third kappa shape index (κ3) is 3.71. The van der Waals surface area contributed by atoms with E-state index in [9.17, 15) is 18.4 Å². The van der Waals surface area contributed by atoms with Gasteiger partial charge in [0.25, 0.3) is 5.91 Å². The fraction of sp³-hybridized carbons (Fsp3) is 0.136. The maximum absolute atomic E-state index is 13.8. The van der Waals surface area contributed by atoms with Crippen molar-refractivity contribution in [1.82, 2.24) is 10.3 Å². The highest BCUT2D eigenvalue weighted by Crippen LogP contribution is 2.38. The number of nitrogens with zero attached hydrogens (tertiary/aromatic N) is 2. The van der Waals surface area contributed by atoms with E-state index in [2.05, 4.69) is 10.3 Å². The molecule has 1 aliphatic rings. The molecule has 0 saturated carbocycles. The predicted molar refractivity (Wildman–Crippen MR) is 103 cm³/mol. The number of halogens is 2. The Labute approximate surface area is 166 Å². The first kappa shape index (κ1) is 18.7. The van der Waals surface area contributed by atoms with Crippen LogP contribution in [0, 0.1) is 11.6 Å². The van der Waals surface area contributed by atoms with Crippen LogP contribution in [0.25, 0.3) is 0 Å². The van der Waals surface area contributed by atoms with Crippen molar-refractivity contribution >= 4 is 17.5 Å². The van der Waals surface area contributed by atoms with Gasteiger partial charge in [0.2, 0.25) is 5.91 Å². The first-order valence-corrected chi connectivity index (χ1v) is 9.09. The molecule has 0 fully saturated rings. The zero-order valence-electron chi connectivity index (χ0n) is 15.3. The molecule has 5 nitrogen and oxygen atoms in total. The smallest absolute Gasteiger partial charge is 0.260 e. The lowest BCUT2D eigenvalue weighted by molar-refractivity contribution is -0.121. The van der Waals surface area contributed by atoms with E-state index in [0.29, 0.717) is 16.9 Å². The minimum Gasteiger partial charge on any atom is -0.352 e. The number of carbonyl (C=O) groups is 2. The SMILES string of the molecule is O=C(C[C@@H]1c2ncccc2C(=O)N1c1ccccc1)NCc1cc(F)ccc1F. The molecule has 0 radical (unpaired) electrons. The van der Waals surface area contributed by atoms with Gasteiger partial charge in [0.05, 0.1) is 23.7 Å². The van der Waals surface area contributed by atoms with Gasteiger partial charge in [0, 0.05) is 24.0 Å². The van der Waals surface area contributed by atoms with Gasteiger partial charge in [-0.25, -0.2) is 8.78 Å². The number of nitrogens with one attached hydrogen (secondary N) is 1. The minimum absolute atomic E-state index is 0.0540. The number of aromatic nitrogens is 1. The Kier molecular flexibility index (Phi) is 5.03. The average Bonchev–Trinajstić information content (AvgIpc) is 3.01. The number of anilines is 1. The molecule has 2 amide bonds. The highest BCUT2D eigenvalue weighted by molar-refractivity contribution is 6.11. The van der Waals surface area contributed by atoms with Crippen LogP contribution in [0.3, 0.4) is 0 Å². The summed E-state index contributed by atoms with van der Waals surface area (Å²) in [7, 11) is 0. The van der Waals surface area contributed by atoms with Gasteiger partial charge in [0.1, 0.15) is 11.6 Å².